The van der Waals surface area contributed by atoms with E-state index in [4.69, 9.17) is 4.74 Å². The molecule has 1 aromatic rings. The molecule has 82 valence electrons. The normalized spacial score (nSPS) is 11.3. The van der Waals surface area contributed by atoms with Crippen LogP contribution in [0.4, 0.5) is 0 Å². The molecule has 0 unspecified atom stereocenters. The summed E-state index contributed by atoms with van der Waals surface area (Å²) in [5, 5.41) is 0. The van der Waals surface area contributed by atoms with Crippen LogP contribution < -0.4 is 0 Å². The Morgan fingerprint density at radius 1 is 1.27 bits per heavy atom. The van der Waals surface area contributed by atoms with E-state index in [-0.39, 0.29) is 11.4 Å². The first-order valence-corrected chi connectivity index (χ1v) is 5.05. The van der Waals surface area contributed by atoms with Crippen LogP contribution in [0.5, 0.6) is 0 Å². The van der Waals surface area contributed by atoms with E-state index in [0.29, 0.717) is 5.56 Å². The molecule has 0 amide bonds. The van der Waals surface area contributed by atoms with Crippen LogP contribution in [-0.4, -0.2) is 13.1 Å². The van der Waals surface area contributed by atoms with Crippen molar-refractivity contribution in [2.45, 2.75) is 33.1 Å². The standard InChI is InChI=1S/C13H18O2/c1-9-6-7-10(12(14)15-5)11(8-9)13(2,3)4/h6-8H,1-5H3. The summed E-state index contributed by atoms with van der Waals surface area (Å²) in [6.07, 6.45) is 0. The number of aryl methyl sites for hydroxylation is 1. The molecule has 0 atom stereocenters. The van der Waals surface area contributed by atoms with Crippen molar-refractivity contribution in [1.82, 2.24) is 0 Å². The summed E-state index contributed by atoms with van der Waals surface area (Å²) in [6.45, 7) is 8.30. The lowest BCUT2D eigenvalue weighted by Gasteiger charge is -2.22. The maximum Gasteiger partial charge on any atom is 0.338 e. The van der Waals surface area contributed by atoms with E-state index in [0.717, 1.165) is 11.1 Å². The van der Waals surface area contributed by atoms with E-state index in [2.05, 4.69) is 20.8 Å². The molecular weight excluding hydrogens is 188 g/mol. The highest BCUT2D eigenvalue weighted by atomic mass is 16.5. The highest BCUT2D eigenvalue weighted by molar-refractivity contribution is 5.91. The monoisotopic (exact) mass is 206 g/mol. The van der Waals surface area contributed by atoms with Gasteiger partial charge < -0.3 is 4.74 Å². The zero-order valence-corrected chi connectivity index (χ0v) is 10.0. The molecule has 0 aliphatic rings. The average molecular weight is 206 g/mol. The van der Waals surface area contributed by atoms with Gasteiger partial charge in [0.2, 0.25) is 0 Å². The Hall–Kier alpha value is -1.31. The van der Waals surface area contributed by atoms with E-state index >= 15 is 0 Å². The lowest BCUT2D eigenvalue weighted by molar-refractivity contribution is 0.0598. The molecule has 0 aliphatic heterocycles. The van der Waals surface area contributed by atoms with Gasteiger partial charge in [0.15, 0.2) is 0 Å². The molecule has 0 spiro atoms. The first-order valence-electron chi connectivity index (χ1n) is 5.05. The minimum Gasteiger partial charge on any atom is -0.465 e. The Kier molecular flexibility index (Phi) is 3.18. The summed E-state index contributed by atoms with van der Waals surface area (Å²) in [5.41, 5.74) is 2.81. The number of carbonyl (C=O) groups is 1. The SMILES string of the molecule is COC(=O)c1ccc(C)cc1C(C)(C)C. The van der Waals surface area contributed by atoms with E-state index in [1.807, 2.05) is 25.1 Å². The molecule has 15 heavy (non-hydrogen) atoms. The molecule has 1 aromatic carbocycles. The van der Waals surface area contributed by atoms with Crippen LogP contribution >= 0.6 is 0 Å². The molecule has 0 fully saturated rings. The van der Waals surface area contributed by atoms with Crippen molar-refractivity contribution in [1.29, 1.82) is 0 Å². The summed E-state index contributed by atoms with van der Waals surface area (Å²) >= 11 is 0. The van der Waals surface area contributed by atoms with Gasteiger partial charge in [-0.15, -0.1) is 0 Å². The van der Waals surface area contributed by atoms with Gasteiger partial charge in [0.1, 0.15) is 0 Å². The van der Waals surface area contributed by atoms with E-state index in [1.165, 1.54) is 7.11 Å². The second-order valence-corrected chi connectivity index (χ2v) is 4.79. The fourth-order valence-electron chi connectivity index (χ4n) is 1.57. The molecule has 2 nitrogen and oxygen atoms in total. The van der Waals surface area contributed by atoms with E-state index < -0.39 is 0 Å². The number of hydrogen-bond acceptors (Lipinski definition) is 2. The molecule has 0 aromatic heterocycles. The summed E-state index contributed by atoms with van der Waals surface area (Å²) in [7, 11) is 1.41. The van der Waals surface area contributed by atoms with Crippen molar-refractivity contribution in [3.8, 4) is 0 Å². The van der Waals surface area contributed by atoms with Crippen LogP contribution in [0.2, 0.25) is 0 Å². The van der Waals surface area contributed by atoms with Gasteiger partial charge in [-0.05, 0) is 24.0 Å². The third-order valence-electron chi connectivity index (χ3n) is 2.39. The fraction of sp³-hybridized carbons (Fsp3) is 0.462. The van der Waals surface area contributed by atoms with Crippen LogP contribution in [0, 0.1) is 6.92 Å². The highest BCUT2D eigenvalue weighted by Crippen LogP contribution is 2.27. The molecule has 1 rings (SSSR count). The maximum absolute atomic E-state index is 11.6. The van der Waals surface area contributed by atoms with Gasteiger partial charge in [-0.25, -0.2) is 4.79 Å². The maximum atomic E-state index is 11.6. The van der Waals surface area contributed by atoms with Crippen LogP contribution in [0.3, 0.4) is 0 Å². The second kappa shape index (κ2) is 4.05. The number of benzene rings is 1. The minimum atomic E-state index is -0.264. The van der Waals surface area contributed by atoms with Gasteiger partial charge in [-0.2, -0.15) is 0 Å². The van der Waals surface area contributed by atoms with Gasteiger partial charge in [-0.3, -0.25) is 0 Å². The third kappa shape index (κ3) is 2.58. The lowest BCUT2D eigenvalue weighted by atomic mass is 9.83. The molecular formula is C13H18O2. The summed E-state index contributed by atoms with van der Waals surface area (Å²) in [6, 6.07) is 5.81. The Morgan fingerprint density at radius 3 is 2.33 bits per heavy atom. The van der Waals surface area contributed by atoms with Gasteiger partial charge in [-0.1, -0.05) is 38.5 Å². The lowest BCUT2D eigenvalue weighted by Crippen LogP contribution is -2.17. The number of carbonyl (C=O) groups excluding carboxylic acids is 1. The number of hydrogen-bond donors (Lipinski definition) is 0. The molecule has 0 aliphatic carbocycles. The predicted octanol–water partition coefficient (Wildman–Crippen LogP) is 3.08. The largest absolute Gasteiger partial charge is 0.465 e. The Morgan fingerprint density at radius 2 is 1.87 bits per heavy atom. The first-order chi connectivity index (χ1) is 6.86. The first kappa shape index (κ1) is 11.8. The summed E-state index contributed by atoms with van der Waals surface area (Å²) < 4.78 is 4.77. The number of ether oxygens (including phenoxy) is 1. The number of esters is 1. The second-order valence-electron chi connectivity index (χ2n) is 4.79. The molecule has 0 saturated carbocycles. The average Bonchev–Trinajstić information content (AvgIpc) is 2.15. The fourth-order valence-corrected chi connectivity index (χ4v) is 1.57. The van der Waals surface area contributed by atoms with Crippen molar-refractivity contribution in [3.63, 3.8) is 0 Å². The smallest absolute Gasteiger partial charge is 0.338 e. The van der Waals surface area contributed by atoms with Crippen LogP contribution in [0.15, 0.2) is 18.2 Å². The molecule has 0 radical (unpaired) electrons. The Balaban J connectivity index is 3.33. The van der Waals surface area contributed by atoms with Gasteiger partial charge in [0, 0.05) is 0 Å². The van der Waals surface area contributed by atoms with Gasteiger partial charge in [0.25, 0.3) is 0 Å². The predicted molar refractivity (Wildman–Crippen MR) is 61.2 cm³/mol. The number of rotatable bonds is 1. The highest BCUT2D eigenvalue weighted by Gasteiger charge is 2.21. The zero-order valence-electron chi connectivity index (χ0n) is 10.0. The molecule has 0 saturated heterocycles. The van der Waals surface area contributed by atoms with Crippen LogP contribution in [0.25, 0.3) is 0 Å². The van der Waals surface area contributed by atoms with Crippen molar-refractivity contribution in [3.05, 3.63) is 34.9 Å². The van der Waals surface area contributed by atoms with Crippen molar-refractivity contribution >= 4 is 5.97 Å². The molecule has 0 bridgehead atoms. The quantitative estimate of drug-likeness (QED) is 0.660. The van der Waals surface area contributed by atoms with Gasteiger partial charge in [0.05, 0.1) is 12.7 Å². The molecule has 0 heterocycles. The molecule has 2 heteroatoms. The zero-order chi connectivity index (χ0) is 11.6. The van der Waals surface area contributed by atoms with E-state index in [9.17, 15) is 4.79 Å². The summed E-state index contributed by atoms with van der Waals surface area (Å²) in [4.78, 5) is 11.6. The van der Waals surface area contributed by atoms with Crippen molar-refractivity contribution < 1.29 is 9.53 Å². The number of methoxy groups -OCH3 is 1. The Labute approximate surface area is 91.3 Å². The minimum absolute atomic E-state index is 0.0461. The van der Waals surface area contributed by atoms with Crippen LogP contribution in [-0.2, 0) is 10.2 Å². The van der Waals surface area contributed by atoms with E-state index in [1.54, 1.807) is 0 Å². The molecule has 0 N–H and O–H groups in total. The van der Waals surface area contributed by atoms with Gasteiger partial charge >= 0.3 is 5.97 Å². The van der Waals surface area contributed by atoms with Crippen molar-refractivity contribution in [2.75, 3.05) is 7.11 Å². The third-order valence-corrected chi connectivity index (χ3v) is 2.39. The Bertz CT molecular complexity index is 373. The van der Waals surface area contributed by atoms with Crippen LogP contribution in [0.1, 0.15) is 42.3 Å². The summed E-state index contributed by atoms with van der Waals surface area (Å²) in [5.74, 6) is -0.264. The van der Waals surface area contributed by atoms with Crippen molar-refractivity contribution in [2.24, 2.45) is 0 Å². The topological polar surface area (TPSA) is 26.3 Å².